The lowest BCUT2D eigenvalue weighted by Crippen LogP contribution is -2.13. The minimum absolute atomic E-state index is 0.213. The summed E-state index contributed by atoms with van der Waals surface area (Å²) in [6, 6.07) is 6.32. The van der Waals surface area contributed by atoms with E-state index in [0.717, 1.165) is 18.5 Å². The summed E-state index contributed by atoms with van der Waals surface area (Å²) in [5, 5.41) is 18.3. The molecule has 0 unspecified atom stereocenters. The largest absolute Gasteiger partial charge is 0.480 e. The van der Waals surface area contributed by atoms with Gasteiger partial charge in [-0.3, -0.25) is 9.89 Å². The number of anilines is 1. The van der Waals surface area contributed by atoms with Crippen LogP contribution in [0.25, 0.3) is 0 Å². The maximum atomic E-state index is 12.1. The maximum Gasteiger partial charge on any atom is 0.341 e. The van der Waals surface area contributed by atoms with Gasteiger partial charge in [-0.05, 0) is 37.1 Å². The Bertz CT molecular complexity index is 755. The highest BCUT2D eigenvalue weighted by atomic mass is 35.5. The molecule has 1 amide bonds. The van der Waals surface area contributed by atoms with E-state index in [1.54, 1.807) is 12.1 Å². The van der Waals surface area contributed by atoms with Crippen molar-refractivity contribution in [2.24, 2.45) is 0 Å². The quantitative estimate of drug-likeness (QED) is 0.752. The number of halogens is 1. The fraction of sp³-hybridized carbons (Fsp3) is 0.267. The Morgan fingerprint density at radius 1 is 1.39 bits per heavy atom. The van der Waals surface area contributed by atoms with E-state index in [-0.39, 0.29) is 16.7 Å². The smallest absolute Gasteiger partial charge is 0.341 e. The zero-order chi connectivity index (χ0) is 16.4. The van der Waals surface area contributed by atoms with Crippen molar-refractivity contribution in [3.05, 3.63) is 40.7 Å². The molecule has 3 rings (SSSR count). The van der Waals surface area contributed by atoms with Gasteiger partial charge in [-0.1, -0.05) is 11.6 Å². The predicted octanol–water partition coefficient (Wildman–Crippen LogP) is 2.66. The van der Waals surface area contributed by atoms with E-state index in [2.05, 4.69) is 15.5 Å². The van der Waals surface area contributed by atoms with Crippen molar-refractivity contribution in [2.75, 3.05) is 11.9 Å². The number of carboxylic acids is 1. The van der Waals surface area contributed by atoms with E-state index in [9.17, 15) is 9.59 Å². The number of benzene rings is 1. The van der Waals surface area contributed by atoms with Gasteiger partial charge in [0.15, 0.2) is 12.3 Å². The van der Waals surface area contributed by atoms with E-state index in [1.165, 1.54) is 12.1 Å². The molecule has 1 aromatic heterocycles. The number of aromatic nitrogens is 2. The van der Waals surface area contributed by atoms with Gasteiger partial charge in [-0.25, -0.2) is 4.79 Å². The molecule has 8 heteroatoms. The first-order valence-corrected chi connectivity index (χ1v) is 7.41. The van der Waals surface area contributed by atoms with Gasteiger partial charge in [0.25, 0.3) is 5.91 Å². The predicted molar refractivity (Wildman–Crippen MR) is 83.1 cm³/mol. The Balaban J connectivity index is 1.65. The van der Waals surface area contributed by atoms with Crippen LogP contribution in [0.1, 0.15) is 34.9 Å². The SMILES string of the molecule is O=C(O)COc1ccc(NC(=O)c2cc(C3CC3)[nH]n2)cc1Cl. The maximum absolute atomic E-state index is 12.1. The second-order valence-electron chi connectivity index (χ2n) is 5.26. The highest BCUT2D eigenvalue weighted by Gasteiger charge is 2.26. The van der Waals surface area contributed by atoms with Gasteiger partial charge in [0.2, 0.25) is 0 Å². The van der Waals surface area contributed by atoms with Crippen molar-refractivity contribution in [1.82, 2.24) is 10.2 Å². The molecule has 0 aliphatic heterocycles. The van der Waals surface area contributed by atoms with Crippen LogP contribution in [0.3, 0.4) is 0 Å². The van der Waals surface area contributed by atoms with Crippen LogP contribution in [0.2, 0.25) is 5.02 Å². The zero-order valence-electron chi connectivity index (χ0n) is 12.0. The molecular formula is C15H14ClN3O4. The number of hydrogen-bond acceptors (Lipinski definition) is 4. The summed E-state index contributed by atoms with van der Waals surface area (Å²) in [5.74, 6) is -0.709. The van der Waals surface area contributed by atoms with Gasteiger partial charge < -0.3 is 15.2 Å². The standard InChI is InChI=1S/C15H14ClN3O4/c16-10-5-9(3-4-13(10)23-7-14(20)21)17-15(22)12-6-11(18-19-12)8-1-2-8/h3-6,8H,1-2,7H2,(H,17,22)(H,18,19)(H,20,21). The van der Waals surface area contributed by atoms with Crippen molar-refractivity contribution in [2.45, 2.75) is 18.8 Å². The summed E-state index contributed by atoms with van der Waals surface area (Å²) >= 11 is 6.01. The molecule has 1 aliphatic rings. The number of carbonyl (C=O) groups excluding carboxylic acids is 1. The second kappa shape index (κ2) is 6.29. The molecule has 0 bridgehead atoms. The molecule has 0 atom stereocenters. The molecule has 7 nitrogen and oxygen atoms in total. The zero-order valence-corrected chi connectivity index (χ0v) is 12.8. The van der Waals surface area contributed by atoms with Crippen molar-refractivity contribution < 1.29 is 19.4 Å². The summed E-state index contributed by atoms with van der Waals surface area (Å²) < 4.78 is 5.02. The number of ether oxygens (including phenoxy) is 1. The van der Waals surface area contributed by atoms with Crippen LogP contribution in [0.4, 0.5) is 5.69 Å². The molecule has 3 N–H and O–H groups in total. The van der Waals surface area contributed by atoms with E-state index in [4.69, 9.17) is 21.4 Å². The van der Waals surface area contributed by atoms with Crippen LogP contribution in [0, 0.1) is 0 Å². The number of carboxylic acid groups (broad SMARTS) is 1. The molecule has 1 aromatic carbocycles. The fourth-order valence-electron chi connectivity index (χ4n) is 2.09. The first-order chi connectivity index (χ1) is 11.0. The van der Waals surface area contributed by atoms with Crippen LogP contribution in [-0.4, -0.2) is 33.8 Å². The van der Waals surface area contributed by atoms with Gasteiger partial charge in [-0.2, -0.15) is 5.10 Å². The van der Waals surface area contributed by atoms with Crippen molar-refractivity contribution in [3.63, 3.8) is 0 Å². The summed E-state index contributed by atoms with van der Waals surface area (Å²) in [5.41, 5.74) is 1.76. The number of nitrogens with zero attached hydrogens (tertiary/aromatic N) is 1. The minimum atomic E-state index is -1.09. The summed E-state index contributed by atoms with van der Waals surface area (Å²) in [4.78, 5) is 22.6. The van der Waals surface area contributed by atoms with Crippen LogP contribution < -0.4 is 10.1 Å². The fourth-order valence-corrected chi connectivity index (χ4v) is 2.32. The molecule has 1 heterocycles. The monoisotopic (exact) mass is 335 g/mol. The highest BCUT2D eigenvalue weighted by Crippen LogP contribution is 2.39. The molecule has 1 fully saturated rings. The molecule has 120 valence electrons. The lowest BCUT2D eigenvalue weighted by atomic mass is 10.2. The van der Waals surface area contributed by atoms with Crippen LogP contribution in [0.15, 0.2) is 24.3 Å². The van der Waals surface area contributed by atoms with Gasteiger partial charge in [0.05, 0.1) is 5.02 Å². The highest BCUT2D eigenvalue weighted by molar-refractivity contribution is 6.32. The molecule has 0 radical (unpaired) electrons. The van der Waals surface area contributed by atoms with Crippen molar-refractivity contribution >= 4 is 29.2 Å². The Morgan fingerprint density at radius 2 is 2.17 bits per heavy atom. The second-order valence-corrected chi connectivity index (χ2v) is 5.67. The Kier molecular flexibility index (Phi) is 4.20. The number of H-pyrrole nitrogens is 1. The number of carbonyl (C=O) groups is 2. The van der Waals surface area contributed by atoms with Gasteiger partial charge in [-0.15, -0.1) is 0 Å². The summed E-state index contributed by atoms with van der Waals surface area (Å²) in [6.07, 6.45) is 2.24. The molecule has 1 aliphatic carbocycles. The van der Waals surface area contributed by atoms with E-state index in [0.29, 0.717) is 17.3 Å². The van der Waals surface area contributed by atoms with Gasteiger partial charge >= 0.3 is 5.97 Å². The summed E-state index contributed by atoms with van der Waals surface area (Å²) in [6.45, 7) is -0.483. The van der Waals surface area contributed by atoms with Crippen LogP contribution in [-0.2, 0) is 4.79 Å². The van der Waals surface area contributed by atoms with Crippen molar-refractivity contribution in [1.29, 1.82) is 0 Å². The van der Waals surface area contributed by atoms with Crippen molar-refractivity contribution in [3.8, 4) is 5.75 Å². The molecule has 0 saturated heterocycles. The van der Waals surface area contributed by atoms with E-state index >= 15 is 0 Å². The number of rotatable bonds is 6. The van der Waals surface area contributed by atoms with E-state index < -0.39 is 12.6 Å². The minimum Gasteiger partial charge on any atom is -0.480 e. The Morgan fingerprint density at radius 3 is 2.83 bits per heavy atom. The normalized spacial score (nSPS) is 13.6. The van der Waals surface area contributed by atoms with Gasteiger partial charge in [0, 0.05) is 17.3 Å². The Labute approximate surface area is 136 Å². The van der Waals surface area contributed by atoms with Gasteiger partial charge in [0.1, 0.15) is 5.75 Å². The average molecular weight is 336 g/mol. The van der Waals surface area contributed by atoms with Crippen LogP contribution in [0.5, 0.6) is 5.75 Å². The molecule has 23 heavy (non-hydrogen) atoms. The number of nitrogens with one attached hydrogen (secondary N) is 2. The van der Waals surface area contributed by atoms with Crippen LogP contribution >= 0.6 is 11.6 Å². The number of aliphatic carboxylic acids is 1. The Hall–Kier alpha value is -2.54. The summed E-state index contributed by atoms with van der Waals surface area (Å²) in [7, 11) is 0. The molecule has 1 saturated carbocycles. The lowest BCUT2D eigenvalue weighted by Gasteiger charge is -2.08. The third kappa shape index (κ3) is 3.81. The molecular weight excluding hydrogens is 322 g/mol. The first-order valence-electron chi connectivity index (χ1n) is 7.03. The molecule has 2 aromatic rings. The van der Waals surface area contributed by atoms with E-state index in [1.807, 2.05) is 0 Å². The molecule has 0 spiro atoms. The number of amides is 1. The lowest BCUT2D eigenvalue weighted by molar-refractivity contribution is -0.139. The average Bonchev–Trinajstić information content (AvgIpc) is 3.23. The number of hydrogen-bond donors (Lipinski definition) is 3. The first kappa shape index (κ1) is 15.4. The number of aromatic amines is 1. The topological polar surface area (TPSA) is 104 Å². The third-order valence-corrected chi connectivity index (χ3v) is 3.68. The third-order valence-electron chi connectivity index (χ3n) is 3.39.